The minimum atomic E-state index is 0.555. The van der Waals surface area contributed by atoms with E-state index in [0.717, 1.165) is 53.4 Å². The molecule has 1 aliphatic rings. The highest BCUT2D eigenvalue weighted by molar-refractivity contribution is 9.10. The minimum Gasteiger partial charge on any atom is -0.370 e. The second-order valence-corrected chi connectivity index (χ2v) is 10.8. The smallest absolute Gasteiger partial charge is 0.172 e. The Hall–Kier alpha value is -2.93. The molecular formula is C29H27BrClN5. The molecule has 3 aromatic carbocycles. The number of benzene rings is 3. The third kappa shape index (κ3) is 4.73. The standard InChI is InChI=1S/C29H27BrClN5/c30-25-17-33-36-28(15-27(34-29(25)36)24-12-3-4-13-26(24)31)32-16-20-7-6-14-35(18-20)19-22-10-5-9-21-8-1-2-11-23(21)22/h1-5,8-13,15,17,20,32H,6-7,14,16,18-19H2. The first kappa shape index (κ1) is 23.5. The fourth-order valence-electron chi connectivity index (χ4n) is 5.25. The second kappa shape index (κ2) is 10.2. The summed E-state index contributed by atoms with van der Waals surface area (Å²) >= 11 is 10.1. The molecule has 1 saturated heterocycles. The van der Waals surface area contributed by atoms with Gasteiger partial charge in [-0.15, -0.1) is 0 Å². The fraction of sp³-hybridized carbons (Fsp3) is 0.241. The summed E-state index contributed by atoms with van der Waals surface area (Å²) in [6, 6.07) is 25.2. The molecule has 0 saturated carbocycles. The number of rotatable bonds is 6. The zero-order valence-electron chi connectivity index (χ0n) is 19.9. The number of aromatic nitrogens is 3. The molecule has 2 aromatic heterocycles. The Balaban J connectivity index is 1.20. The Morgan fingerprint density at radius 3 is 2.78 bits per heavy atom. The Morgan fingerprint density at radius 1 is 1.03 bits per heavy atom. The molecule has 6 rings (SSSR count). The second-order valence-electron chi connectivity index (χ2n) is 9.50. The average Bonchev–Trinajstić information content (AvgIpc) is 3.29. The van der Waals surface area contributed by atoms with Crippen molar-refractivity contribution in [1.29, 1.82) is 0 Å². The summed E-state index contributed by atoms with van der Waals surface area (Å²) in [5.74, 6) is 1.48. The van der Waals surface area contributed by atoms with Gasteiger partial charge in [-0.05, 0) is 63.6 Å². The van der Waals surface area contributed by atoms with Crippen LogP contribution in [0, 0.1) is 5.92 Å². The zero-order chi connectivity index (χ0) is 24.5. The molecule has 0 bridgehead atoms. The number of nitrogens with one attached hydrogen (secondary N) is 1. The number of fused-ring (bicyclic) bond motifs is 2. The quantitative estimate of drug-likeness (QED) is 0.237. The maximum atomic E-state index is 6.49. The molecular weight excluding hydrogens is 534 g/mol. The molecule has 0 amide bonds. The van der Waals surface area contributed by atoms with Crippen LogP contribution in [-0.4, -0.2) is 39.1 Å². The van der Waals surface area contributed by atoms with Gasteiger partial charge in [0.15, 0.2) is 5.65 Å². The molecule has 0 aliphatic carbocycles. The number of hydrogen-bond acceptors (Lipinski definition) is 4. The predicted molar refractivity (Wildman–Crippen MR) is 152 cm³/mol. The highest BCUT2D eigenvalue weighted by Gasteiger charge is 2.21. The summed E-state index contributed by atoms with van der Waals surface area (Å²) in [6.07, 6.45) is 4.21. The van der Waals surface area contributed by atoms with Crippen LogP contribution in [0.25, 0.3) is 27.7 Å². The topological polar surface area (TPSA) is 45.5 Å². The normalized spacial score (nSPS) is 16.6. The van der Waals surface area contributed by atoms with E-state index >= 15 is 0 Å². The van der Waals surface area contributed by atoms with Crippen molar-refractivity contribution in [2.75, 3.05) is 25.0 Å². The third-order valence-electron chi connectivity index (χ3n) is 7.03. The molecule has 5 nitrogen and oxygen atoms in total. The molecule has 1 fully saturated rings. The highest BCUT2D eigenvalue weighted by Crippen LogP contribution is 2.31. The highest BCUT2D eigenvalue weighted by atomic mass is 79.9. The maximum absolute atomic E-state index is 6.49. The number of likely N-dealkylation sites (tertiary alicyclic amines) is 1. The van der Waals surface area contributed by atoms with Crippen molar-refractivity contribution in [1.82, 2.24) is 19.5 Å². The van der Waals surface area contributed by atoms with Gasteiger partial charge in [0.05, 0.1) is 16.4 Å². The number of piperidine rings is 1. The maximum Gasteiger partial charge on any atom is 0.172 e. The van der Waals surface area contributed by atoms with E-state index in [2.05, 4.69) is 73.7 Å². The van der Waals surface area contributed by atoms with Crippen molar-refractivity contribution < 1.29 is 0 Å². The molecule has 0 spiro atoms. The lowest BCUT2D eigenvalue weighted by atomic mass is 9.96. The van der Waals surface area contributed by atoms with Crippen molar-refractivity contribution in [2.24, 2.45) is 5.92 Å². The van der Waals surface area contributed by atoms with E-state index in [9.17, 15) is 0 Å². The summed E-state index contributed by atoms with van der Waals surface area (Å²) in [5, 5.41) is 11.6. The summed E-state index contributed by atoms with van der Waals surface area (Å²) in [4.78, 5) is 7.42. The molecule has 182 valence electrons. The lowest BCUT2D eigenvalue weighted by Crippen LogP contribution is -2.37. The van der Waals surface area contributed by atoms with Gasteiger partial charge >= 0.3 is 0 Å². The third-order valence-corrected chi connectivity index (χ3v) is 7.92. The summed E-state index contributed by atoms with van der Waals surface area (Å²) in [6.45, 7) is 4.08. The van der Waals surface area contributed by atoms with Gasteiger partial charge in [0.1, 0.15) is 5.82 Å². The summed E-state index contributed by atoms with van der Waals surface area (Å²) < 4.78 is 2.72. The fourth-order valence-corrected chi connectivity index (χ4v) is 5.83. The number of anilines is 1. The van der Waals surface area contributed by atoms with Crippen LogP contribution in [0.4, 0.5) is 5.82 Å². The molecule has 1 N–H and O–H groups in total. The van der Waals surface area contributed by atoms with E-state index in [0.29, 0.717) is 10.9 Å². The average molecular weight is 561 g/mol. The zero-order valence-corrected chi connectivity index (χ0v) is 22.2. The first-order chi connectivity index (χ1) is 17.7. The van der Waals surface area contributed by atoms with E-state index in [1.54, 1.807) is 6.20 Å². The van der Waals surface area contributed by atoms with Gasteiger partial charge in [-0.25, -0.2) is 4.98 Å². The minimum absolute atomic E-state index is 0.555. The largest absolute Gasteiger partial charge is 0.370 e. The van der Waals surface area contributed by atoms with Crippen LogP contribution in [0.3, 0.4) is 0 Å². The molecule has 5 aromatic rings. The van der Waals surface area contributed by atoms with Gasteiger partial charge in [0, 0.05) is 36.3 Å². The van der Waals surface area contributed by atoms with Crippen molar-refractivity contribution in [3.63, 3.8) is 0 Å². The number of nitrogens with zero attached hydrogens (tertiary/aromatic N) is 4. The molecule has 36 heavy (non-hydrogen) atoms. The van der Waals surface area contributed by atoms with Crippen LogP contribution in [0.1, 0.15) is 18.4 Å². The van der Waals surface area contributed by atoms with Crippen molar-refractivity contribution in [3.05, 3.63) is 94.1 Å². The molecule has 3 heterocycles. The molecule has 1 aliphatic heterocycles. The summed E-state index contributed by atoms with van der Waals surface area (Å²) in [7, 11) is 0. The van der Waals surface area contributed by atoms with E-state index in [-0.39, 0.29) is 0 Å². The van der Waals surface area contributed by atoms with Crippen LogP contribution in [0.2, 0.25) is 5.02 Å². The van der Waals surface area contributed by atoms with E-state index < -0.39 is 0 Å². The van der Waals surface area contributed by atoms with Crippen molar-refractivity contribution in [2.45, 2.75) is 19.4 Å². The van der Waals surface area contributed by atoms with Gasteiger partial charge in [-0.1, -0.05) is 72.3 Å². The van der Waals surface area contributed by atoms with Gasteiger partial charge in [-0.2, -0.15) is 9.61 Å². The van der Waals surface area contributed by atoms with E-state index in [1.165, 1.54) is 29.2 Å². The lowest BCUT2D eigenvalue weighted by Gasteiger charge is -2.33. The predicted octanol–water partition coefficient (Wildman–Crippen LogP) is 7.29. The van der Waals surface area contributed by atoms with Gasteiger partial charge in [0.25, 0.3) is 0 Å². The Morgan fingerprint density at radius 2 is 1.86 bits per heavy atom. The lowest BCUT2D eigenvalue weighted by molar-refractivity contribution is 0.174. The van der Waals surface area contributed by atoms with Crippen LogP contribution < -0.4 is 5.32 Å². The van der Waals surface area contributed by atoms with E-state index in [4.69, 9.17) is 16.6 Å². The van der Waals surface area contributed by atoms with Crippen LogP contribution in [-0.2, 0) is 6.54 Å². The first-order valence-electron chi connectivity index (χ1n) is 12.4. The SMILES string of the molecule is Clc1ccccc1-c1cc(NCC2CCCN(Cc3cccc4ccccc34)C2)n2ncc(Br)c2n1. The molecule has 0 radical (unpaired) electrons. The van der Waals surface area contributed by atoms with Crippen LogP contribution >= 0.6 is 27.5 Å². The van der Waals surface area contributed by atoms with Crippen LogP contribution in [0.5, 0.6) is 0 Å². The summed E-state index contributed by atoms with van der Waals surface area (Å²) in [5.41, 5.74) is 3.93. The Bertz CT molecular complexity index is 1530. The van der Waals surface area contributed by atoms with Gasteiger partial charge in [0.2, 0.25) is 0 Å². The molecule has 1 atom stereocenters. The first-order valence-corrected chi connectivity index (χ1v) is 13.5. The van der Waals surface area contributed by atoms with Gasteiger partial charge < -0.3 is 5.32 Å². The van der Waals surface area contributed by atoms with Crippen molar-refractivity contribution in [3.8, 4) is 11.3 Å². The van der Waals surface area contributed by atoms with E-state index in [1.807, 2.05) is 34.8 Å². The Labute approximate surface area is 224 Å². The number of halogens is 2. The van der Waals surface area contributed by atoms with Crippen LogP contribution in [0.15, 0.2) is 83.5 Å². The number of hydrogen-bond donors (Lipinski definition) is 1. The molecule has 1 unspecified atom stereocenters. The van der Waals surface area contributed by atoms with Crippen molar-refractivity contribution >= 4 is 49.8 Å². The molecule has 7 heteroatoms. The van der Waals surface area contributed by atoms with Gasteiger partial charge in [-0.3, -0.25) is 4.90 Å². The monoisotopic (exact) mass is 559 g/mol. The Kier molecular flexibility index (Phi) is 6.65.